The summed E-state index contributed by atoms with van der Waals surface area (Å²) in [4.78, 5) is 21.8. The van der Waals surface area contributed by atoms with Crippen LogP contribution in [0.3, 0.4) is 0 Å². The largest absolute Gasteiger partial charge is 1.00 e. The number of rotatable bonds is 2. The topological polar surface area (TPSA) is 133 Å². The molecule has 2 aromatic rings. The monoisotopic (exact) mass is 292 g/mol. The number of ether oxygens (including phenoxy) is 1. The van der Waals surface area contributed by atoms with Gasteiger partial charge in [0.1, 0.15) is 18.3 Å². The normalized spacial score (nSPS) is 29.6. The van der Waals surface area contributed by atoms with E-state index in [9.17, 15) is 15.0 Å². The van der Waals surface area contributed by atoms with Crippen molar-refractivity contribution < 1.29 is 51.0 Å². The molecular formula is C10H13N4NaO5. The third-order valence-electron chi connectivity index (χ3n) is 3.16. The van der Waals surface area contributed by atoms with E-state index < -0.39 is 36.7 Å². The zero-order chi connectivity index (χ0) is 13.6. The van der Waals surface area contributed by atoms with E-state index in [0.717, 1.165) is 0 Å². The van der Waals surface area contributed by atoms with E-state index >= 15 is 0 Å². The Hall–Kier alpha value is -0.810. The zero-order valence-electron chi connectivity index (χ0n) is 11.7. The third-order valence-corrected chi connectivity index (χ3v) is 3.16. The molecule has 2 aromatic heterocycles. The summed E-state index contributed by atoms with van der Waals surface area (Å²) < 4.78 is 6.70. The molecule has 10 heteroatoms. The van der Waals surface area contributed by atoms with E-state index in [1.807, 2.05) is 0 Å². The molecule has 0 unspecified atom stereocenters. The predicted octanol–water partition coefficient (Wildman–Crippen LogP) is -5.15. The van der Waals surface area contributed by atoms with Crippen molar-refractivity contribution in [2.75, 3.05) is 6.61 Å². The molecule has 4 N–H and O–H groups in total. The fraction of sp³-hybridized carbons (Fsp3) is 0.500. The van der Waals surface area contributed by atoms with Crippen molar-refractivity contribution in [2.45, 2.75) is 24.5 Å². The number of aliphatic hydroxyl groups is 3. The van der Waals surface area contributed by atoms with Gasteiger partial charge in [-0.2, -0.15) is 0 Å². The van der Waals surface area contributed by atoms with Crippen LogP contribution in [0.2, 0.25) is 0 Å². The molecule has 0 saturated carbocycles. The van der Waals surface area contributed by atoms with E-state index in [1.54, 1.807) is 0 Å². The summed E-state index contributed by atoms with van der Waals surface area (Å²) in [6, 6.07) is 0. The molecule has 1 saturated heterocycles. The molecule has 0 amide bonds. The molecule has 0 radical (unpaired) electrons. The first-order valence-electron chi connectivity index (χ1n) is 5.66. The van der Waals surface area contributed by atoms with Crippen LogP contribution in [0, 0.1) is 0 Å². The Balaban J connectivity index is 0.00000110. The second-order valence-corrected chi connectivity index (χ2v) is 4.28. The van der Waals surface area contributed by atoms with Gasteiger partial charge in [0.25, 0.3) is 5.56 Å². The second-order valence-electron chi connectivity index (χ2n) is 4.28. The number of hydrogen-bond acceptors (Lipinski definition) is 7. The van der Waals surface area contributed by atoms with Gasteiger partial charge >= 0.3 is 29.6 Å². The minimum atomic E-state index is -1.24. The summed E-state index contributed by atoms with van der Waals surface area (Å²) in [5.41, 5.74) is -0.0608. The molecular weight excluding hydrogens is 279 g/mol. The minimum absolute atomic E-state index is 0. The fourth-order valence-electron chi connectivity index (χ4n) is 2.16. The SMILES string of the molecule is O=c1[nH]cnc2c1ncn2[C@@H]1O[C@H](CO)[C@@H](O)[C@H]1O.[H-].[Na+]. The quantitative estimate of drug-likeness (QED) is 0.407. The maximum absolute atomic E-state index is 11.5. The van der Waals surface area contributed by atoms with Gasteiger partial charge in [0.2, 0.25) is 0 Å². The van der Waals surface area contributed by atoms with Gasteiger partial charge in [0, 0.05) is 0 Å². The van der Waals surface area contributed by atoms with Crippen LogP contribution in [-0.4, -0.2) is 59.8 Å². The minimum Gasteiger partial charge on any atom is -1.00 e. The van der Waals surface area contributed by atoms with Crippen LogP contribution in [0.5, 0.6) is 0 Å². The average molecular weight is 292 g/mol. The van der Waals surface area contributed by atoms with E-state index in [1.165, 1.54) is 17.2 Å². The van der Waals surface area contributed by atoms with Crippen LogP contribution in [0.15, 0.2) is 17.4 Å². The first-order valence-corrected chi connectivity index (χ1v) is 5.66. The summed E-state index contributed by atoms with van der Waals surface area (Å²) >= 11 is 0. The summed E-state index contributed by atoms with van der Waals surface area (Å²) in [5.74, 6) is 0. The molecule has 3 rings (SSSR count). The van der Waals surface area contributed by atoms with E-state index in [2.05, 4.69) is 15.0 Å². The summed E-state index contributed by atoms with van der Waals surface area (Å²) in [5, 5.41) is 28.6. The number of nitrogens with one attached hydrogen (secondary N) is 1. The van der Waals surface area contributed by atoms with Crippen molar-refractivity contribution in [2.24, 2.45) is 0 Å². The number of aliphatic hydroxyl groups excluding tert-OH is 3. The molecule has 1 fully saturated rings. The number of nitrogens with zero attached hydrogens (tertiary/aromatic N) is 3. The van der Waals surface area contributed by atoms with Gasteiger partial charge in [0.15, 0.2) is 17.4 Å². The summed E-state index contributed by atoms with van der Waals surface area (Å²) in [6.45, 7) is -0.421. The first kappa shape index (κ1) is 15.6. The van der Waals surface area contributed by atoms with Crippen LogP contribution in [0.4, 0.5) is 0 Å². The Labute approximate surface area is 136 Å². The fourth-order valence-corrected chi connectivity index (χ4v) is 2.16. The van der Waals surface area contributed by atoms with Crippen molar-refractivity contribution in [3.05, 3.63) is 23.0 Å². The van der Waals surface area contributed by atoms with Gasteiger partial charge in [-0.05, 0) is 0 Å². The first-order chi connectivity index (χ1) is 9.13. The number of aromatic nitrogens is 4. The molecule has 1 aliphatic heterocycles. The van der Waals surface area contributed by atoms with Gasteiger partial charge in [-0.1, -0.05) is 0 Å². The molecule has 3 heterocycles. The van der Waals surface area contributed by atoms with E-state index in [-0.39, 0.29) is 42.1 Å². The van der Waals surface area contributed by atoms with Crippen molar-refractivity contribution in [1.82, 2.24) is 19.5 Å². The molecule has 4 atom stereocenters. The zero-order valence-corrected chi connectivity index (χ0v) is 12.7. The summed E-state index contributed by atoms with van der Waals surface area (Å²) in [6.07, 6.45) is -1.78. The third kappa shape index (κ3) is 2.31. The Morgan fingerprint density at radius 1 is 1.40 bits per heavy atom. The maximum atomic E-state index is 11.5. The van der Waals surface area contributed by atoms with E-state index in [0.29, 0.717) is 0 Å². The van der Waals surface area contributed by atoms with Gasteiger partial charge in [-0.25, -0.2) is 9.97 Å². The molecule has 9 nitrogen and oxygen atoms in total. The van der Waals surface area contributed by atoms with Gasteiger partial charge in [-0.3, -0.25) is 9.36 Å². The van der Waals surface area contributed by atoms with Crippen LogP contribution in [0.25, 0.3) is 11.2 Å². The van der Waals surface area contributed by atoms with Gasteiger partial charge in [0.05, 0.1) is 19.3 Å². The van der Waals surface area contributed by atoms with Gasteiger partial charge < -0.3 is 26.5 Å². The van der Waals surface area contributed by atoms with E-state index in [4.69, 9.17) is 9.84 Å². The molecule has 0 spiro atoms. The maximum Gasteiger partial charge on any atom is 1.00 e. The molecule has 1 aliphatic rings. The molecule has 0 bridgehead atoms. The van der Waals surface area contributed by atoms with Crippen molar-refractivity contribution in [1.29, 1.82) is 0 Å². The van der Waals surface area contributed by atoms with Crippen molar-refractivity contribution in [3.8, 4) is 0 Å². The second kappa shape index (κ2) is 5.90. The molecule has 20 heavy (non-hydrogen) atoms. The molecule has 104 valence electrons. The smallest absolute Gasteiger partial charge is 1.00 e. The standard InChI is InChI=1S/C10H12N4O5.Na.H/c15-1-4-6(16)7(17)10(19-4)14-3-13-5-8(14)11-2-12-9(5)18;;/h2-4,6-7,10,15-17H,1H2,(H,11,12,18);;/q;+1;-1/t4-,6-,7-,10-;;/m1../s1. The van der Waals surface area contributed by atoms with Gasteiger partial charge in [-0.15, -0.1) is 0 Å². The molecule has 0 aromatic carbocycles. The number of imidazole rings is 1. The average Bonchev–Trinajstić information content (AvgIpc) is 2.94. The molecule has 0 aliphatic carbocycles. The Morgan fingerprint density at radius 3 is 2.80 bits per heavy atom. The Kier molecular flexibility index (Phi) is 4.59. The van der Waals surface area contributed by atoms with Crippen LogP contribution >= 0.6 is 0 Å². The van der Waals surface area contributed by atoms with Crippen LogP contribution in [0.1, 0.15) is 7.65 Å². The van der Waals surface area contributed by atoms with Crippen molar-refractivity contribution in [3.63, 3.8) is 0 Å². The number of hydrogen-bond donors (Lipinski definition) is 4. The number of H-pyrrole nitrogens is 1. The van der Waals surface area contributed by atoms with Crippen LogP contribution < -0.4 is 35.1 Å². The predicted molar refractivity (Wildman–Crippen MR) is 62.3 cm³/mol. The Bertz CT molecular complexity index is 664. The number of aromatic amines is 1. The number of fused-ring (bicyclic) bond motifs is 1. The summed E-state index contributed by atoms with van der Waals surface area (Å²) in [7, 11) is 0. The Morgan fingerprint density at radius 2 is 2.15 bits per heavy atom. The van der Waals surface area contributed by atoms with Crippen molar-refractivity contribution >= 4 is 11.2 Å². The van der Waals surface area contributed by atoms with Crippen LogP contribution in [-0.2, 0) is 4.74 Å².